The third kappa shape index (κ3) is 3.62. The predicted molar refractivity (Wildman–Crippen MR) is 117 cm³/mol. The normalized spacial score (nSPS) is 31.1. The van der Waals surface area contributed by atoms with Gasteiger partial charge in [-0.2, -0.15) is 0 Å². The van der Waals surface area contributed by atoms with Crippen LogP contribution >= 0.6 is 15.9 Å². The van der Waals surface area contributed by atoms with Crippen LogP contribution in [0.2, 0.25) is 0 Å². The zero-order valence-electron chi connectivity index (χ0n) is 17.4. The summed E-state index contributed by atoms with van der Waals surface area (Å²) in [5.74, 6) is 0.0299. The van der Waals surface area contributed by atoms with Gasteiger partial charge in [0.05, 0.1) is 11.7 Å². The largest absolute Gasteiger partial charge is 0.310 e. The maximum absolute atomic E-state index is 13.3. The van der Waals surface area contributed by atoms with Crippen molar-refractivity contribution in [3.05, 3.63) is 22.8 Å². The second kappa shape index (κ2) is 7.67. The van der Waals surface area contributed by atoms with Crippen LogP contribution in [0.3, 0.4) is 0 Å². The quantitative estimate of drug-likeness (QED) is 0.673. The minimum absolute atomic E-state index is 0.0972. The van der Waals surface area contributed by atoms with Gasteiger partial charge in [0.15, 0.2) is 0 Å². The van der Waals surface area contributed by atoms with Crippen molar-refractivity contribution in [3.63, 3.8) is 0 Å². The number of ketones is 1. The molecule has 2 saturated carbocycles. The van der Waals surface area contributed by atoms with Gasteiger partial charge >= 0.3 is 0 Å². The number of nitrogens with zero attached hydrogens (tertiary/aromatic N) is 2. The van der Waals surface area contributed by atoms with Crippen molar-refractivity contribution in [2.45, 2.75) is 46.0 Å². The molecule has 2 aliphatic carbocycles. The Morgan fingerprint density at radius 1 is 1.33 bits per heavy atom. The Morgan fingerprint density at radius 2 is 2.10 bits per heavy atom. The Hall–Kier alpha value is -1.32. The van der Waals surface area contributed by atoms with Crippen molar-refractivity contribution in [2.75, 3.05) is 24.2 Å². The van der Waals surface area contributed by atoms with Crippen LogP contribution < -0.4 is 5.32 Å². The third-order valence-corrected chi connectivity index (χ3v) is 10.1. The number of hydrogen-bond acceptors (Lipinski definition) is 5. The number of sulfonamides is 1. The predicted octanol–water partition coefficient (Wildman–Crippen LogP) is 3.22. The number of pyridine rings is 1. The van der Waals surface area contributed by atoms with Crippen molar-refractivity contribution in [3.8, 4) is 0 Å². The molecule has 1 aliphatic heterocycles. The highest BCUT2D eigenvalue weighted by Gasteiger charge is 2.65. The van der Waals surface area contributed by atoms with Gasteiger partial charge in [-0.05, 0) is 65.1 Å². The van der Waals surface area contributed by atoms with Gasteiger partial charge in [0.25, 0.3) is 0 Å². The topological polar surface area (TPSA) is 96.4 Å². The second-order valence-electron chi connectivity index (χ2n) is 9.47. The number of hydrogen-bond donors (Lipinski definition) is 1. The fourth-order valence-electron chi connectivity index (χ4n) is 5.60. The van der Waals surface area contributed by atoms with Crippen LogP contribution in [0.1, 0.15) is 46.0 Å². The molecular formula is C21H28BrN3O4S. The summed E-state index contributed by atoms with van der Waals surface area (Å²) in [6.07, 6.45) is 4.91. The van der Waals surface area contributed by atoms with Crippen LogP contribution in [0, 0.1) is 22.7 Å². The van der Waals surface area contributed by atoms with Crippen LogP contribution in [0.4, 0.5) is 5.82 Å². The number of carbonyl (C=O) groups is 2. The highest BCUT2D eigenvalue weighted by Crippen LogP contribution is 2.64. The van der Waals surface area contributed by atoms with Crippen molar-refractivity contribution < 1.29 is 18.0 Å². The van der Waals surface area contributed by atoms with E-state index in [0.29, 0.717) is 38.0 Å². The Balaban J connectivity index is 1.46. The summed E-state index contributed by atoms with van der Waals surface area (Å²) in [5, 5.41) is 2.78. The van der Waals surface area contributed by atoms with Crippen LogP contribution in [0.25, 0.3) is 0 Å². The van der Waals surface area contributed by atoms with E-state index in [2.05, 4.69) is 26.2 Å². The molecule has 1 aromatic heterocycles. The molecule has 3 aliphatic rings. The highest BCUT2D eigenvalue weighted by atomic mass is 79.9. The molecular weight excluding hydrogens is 470 g/mol. The van der Waals surface area contributed by atoms with E-state index >= 15 is 0 Å². The average molecular weight is 498 g/mol. The van der Waals surface area contributed by atoms with E-state index in [-0.39, 0.29) is 35.3 Å². The first kappa shape index (κ1) is 21.9. The molecule has 1 aromatic rings. The summed E-state index contributed by atoms with van der Waals surface area (Å²) in [6.45, 7) is 4.64. The third-order valence-electron chi connectivity index (χ3n) is 7.69. The smallest absolute Gasteiger partial charge is 0.229 e. The molecule has 9 heteroatoms. The molecule has 3 atom stereocenters. The van der Waals surface area contributed by atoms with Gasteiger partial charge in [0.2, 0.25) is 15.9 Å². The van der Waals surface area contributed by atoms with Gasteiger partial charge < -0.3 is 5.32 Å². The highest BCUT2D eigenvalue weighted by molar-refractivity contribution is 9.10. The molecule has 164 valence electrons. The summed E-state index contributed by atoms with van der Waals surface area (Å²) in [4.78, 5) is 29.6. The van der Waals surface area contributed by atoms with Crippen LogP contribution in [0.15, 0.2) is 22.8 Å². The number of amides is 1. The minimum Gasteiger partial charge on any atom is -0.310 e. The fraction of sp³-hybridized carbons (Fsp3) is 0.667. The molecule has 4 rings (SSSR count). The van der Waals surface area contributed by atoms with Gasteiger partial charge in [-0.3, -0.25) is 9.59 Å². The summed E-state index contributed by atoms with van der Waals surface area (Å²) in [5.41, 5.74) is -1.08. The summed E-state index contributed by atoms with van der Waals surface area (Å²) in [7, 11) is -3.65. The number of halogens is 1. The molecule has 2 heterocycles. The van der Waals surface area contributed by atoms with Crippen molar-refractivity contribution in [1.29, 1.82) is 0 Å². The lowest BCUT2D eigenvalue weighted by atomic mass is 9.70. The van der Waals surface area contributed by atoms with Crippen LogP contribution in [-0.4, -0.2) is 48.2 Å². The second-order valence-corrected chi connectivity index (χ2v) is 12.4. The molecule has 2 bridgehead atoms. The lowest BCUT2D eigenvalue weighted by Crippen LogP contribution is -2.50. The van der Waals surface area contributed by atoms with E-state index < -0.39 is 21.4 Å². The number of rotatable bonds is 5. The number of aromatic nitrogens is 1. The first-order valence-electron chi connectivity index (χ1n) is 10.5. The van der Waals surface area contributed by atoms with E-state index in [1.165, 1.54) is 4.31 Å². The zero-order chi connectivity index (χ0) is 21.7. The molecule has 3 fully saturated rings. The van der Waals surface area contributed by atoms with Gasteiger partial charge in [0.1, 0.15) is 11.6 Å². The monoisotopic (exact) mass is 497 g/mol. The molecule has 3 unspecified atom stereocenters. The number of piperidine rings is 1. The van der Waals surface area contributed by atoms with E-state index in [9.17, 15) is 18.0 Å². The van der Waals surface area contributed by atoms with Gasteiger partial charge in [-0.1, -0.05) is 13.8 Å². The standard InChI is InChI=1S/C21H28BrN3O4S/c1-20(2)15-7-8-21(20,17(26)10-15)13-30(28,29)25-9-3-4-14(12-25)19(27)24-18-6-5-16(22)11-23-18/h5-6,11,14-15H,3-4,7-10,12-13H2,1-2H3,(H,23,24,27). The maximum Gasteiger partial charge on any atom is 0.229 e. The Bertz CT molecular complexity index is 963. The molecule has 1 amide bonds. The van der Waals surface area contributed by atoms with Gasteiger partial charge in [-0.25, -0.2) is 17.7 Å². The van der Waals surface area contributed by atoms with E-state index in [4.69, 9.17) is 0 Å². The SMILES string of the molecule is CC1(C)C2CCC1(CS(=O)(=O)N1CCCC(C(=O)Nc3ccc(Br)cn3)C1)C(=O)C2. The lowest BCUT2D eigenvalue weighted by Gasteiger charge is -2.39. The number of Topliss-reactive ketones (excluding diaryl/α,β-unsaturated/α-hetero) is 1. The van der Waals surface area contributed by atoms with E-state index in [1.807, 2.05) is 13.8 Å². The van der Waals surface area contributed by atoms with Crippen molar-refractivity contribution in [2.24, 2.45) is 22.7 Å². The van der Waals surface area contributed by atoms with E-state index in [0.717, 1.165) is 10.9 Å². The lowest BCUT2D eigenvalue weighted by molar-refractivity contribution is -0.128. The maximum atomic E-state index is 13.3. The first-order valence-corrected chi connectivity index (χ1v) is 12.9. The number of carbonyl (C=O) groups excluding carboxylic acids is 2. The Labute approximate surface area is 186 Å². The molecule has 7 nitrogen and oxygen atoms in total. The van der Waals surface area contributed by atoms with Crippen molar-refractivity contribution >= 4 is 43.5 Å². The zero-order valence-corrected chi connectivity index (χ0v) is 19.8. The average Bonchev–Trinajstić information content (AvgIpc) is 3.04. The molecule has 0 spiro atoms. The molecule has 30 heavy (non-hydrogen) atoms. The number of nitrogens with one attached hydrogen (secondary N) is 1. The summed E-state index contributed by atoms with van der Waals surface area (Å²) in [6, 6.07) is 3.48. The fourth-order valence-corrected chi connectivity index (χ4v) is 8.13. The van der Waals surface area contributed by atoms with Crippen LogP contribution in [-0.2, 0) is 19.6 Å². The summed E-state index contributed by atoms with van der Waals surface area (Å²) >= 11 is 3.31. The van der Waals surface area contributed by atoms with Crippen molar-refractivity contribution in [1.82, 2.24) is 9.29 Å². The van der Waals surface area contributed by atoms with Gasteiger partial charge in [-0.15, -0.1) is 0 Å². The Morgan fingerprint density at radius 3 is 2.70 bits per heavy atom. The van der Waals surface area contributed by atoms with E-state index in [1.54, 1.807) is 18.3 Å². The molecule has 0 aromatic carbocycles. The number of fused-ring (bicyclic) bond motifs is 2. The first-order chi connectivity index (χ1) is 14.0. The van der Waals surface area contributed by atoms with Gasteiger partial charge in [0, 0.05) is 35.6 Å². The number of anilines is 1. The summed E-state index contributed by atoms with van der Waals surface area (Å²) < 4.78 is 28.9. The molecule has 1 N–H and O–H groups in total. The molecule has 0 radical (unpaired) electrons. The Kier molecular flexibility index (Phi) is 5.60. The van der Waals surface area contributed by atoms with Crippen LogP contribution in [0.5, 0.6) is 0 Å². The molecule has 1 saturated heterocycles. The minimum atomic E-state index is -3.65.